The third-order valence-electron chi connectivity index (χ3n) is 5.26. The van der Waals surface area contributed by atoms with E-state index in [-0.39, 0.29) is 23.5 Å². The summed E-state index contributed by atoms with van der Waals surface area (Å²) in [7, 11) is -3.86. The lowest BCUT2D eigenvalue weighted by Gasteiger charge is -2.23. The molecule has 0 bridgehead atoms. The number of hydrogen-bond acceptors (Lipinski definition) is 4. The van der Waals surface area contributed by atoms with Crippen molar-refractivity contribution in [1.29, 1.82) is 0 Å². The molecule has 7 nitrogen and oxygen atoms in total. The maximum Gasteiger partial charge on any atom is 0.264 e. The Hall–Kier alpha value is -3.98. The maximum atomic E-state index is 14.5. The van der Waals surface area contributed by atoms with Crippen LogP contribution in [0.3, 0.4) is 0 Å². The van der Waals surface area contributed by atoms with Gasteiger partial charge in [-0.2, -0.15) is 0 Å². The molecule has 0 saturated carbocycles. The van der Waals surface area contributed by atoms with Crippen LogP contribution in [0.1, 0.15) is 22.8 Å². The van der Waals surface area contributed by atoms with Gasteiger partial charge in [-0.25, -0.2) is 17.8 Å². The molecule has 0 aliphatic heterocycles. The van der Waals surface area contributed by atoms with Crippen LogP contribution in [0.4, 0.5) is 10.1 Å². The molecule has 0 saturated heterocycles. The van der Waals surface area contributed by atoms with E-state index in [1.165, 1.54) is 41.0 Å². The molecule has 3 aromatic carbocycles. The summed E-state index contributed by atoms with van der Waals surface area (Å²) < 4.78 is 43.8. The Morgan fingerprint density at radius 3 is 2.53 bits per heavy atom. The Morgan fingerprint density at radius 1 is 1.06 bits per heavy atom. The zero-order valence-electron chi connectivity index (χ0n) is 18.4. The summed E-state index contributed by atoms with van der Waals surface area (Å²) in [5.74, 6) is -0.905. The molecule has 4 rings (SSSR count). The highest BCUT2D eigenvalue weighted by Crippen LogP contribution is 2.24. The highest BCUT2D eigenvalue weighted by atomic mass is 32.2. The summed E-state index contributed by atoms with van der Waals surface area (Å²) in [6.07, 6.45) is 4.69. The highest BCUT2D eigenvalue weighted by Gasteiger charge is 2.24. The number of nitrogens with zero attached hydrogens (tertiary/aromatic N) is 3. The van der Waals surface area contributed by atoms with Crippen LogP contribution < -0.4 is 9.62 Å². The zero-order valence-corrected chi connectivity index (χ0v) is 19.2. The van der Waals surface area contributed by atoms with E-state index in [0.717, 1.165) is 0 Å². The van der Waals surface area contributed by atoms with Crippen molar-refractivity contribution in [2.75, 3.05) is 10.8 Å². The van der Waals surface area contributed by atoms with E-state index in [9.17, 15) is 17.6 Å². The van der Waals surface area contributed by atoms with E-state index < -0.39 is 21.7 Å². The molecule has 1 heterocycles. The van der Waals surface area contributed by atoms with E-state index in [4.69, 9.17) is 0 Å². The second kappa shape index (κ2) is 9.88. The minimum absolute atomic E-state index is 0.0154. The van der Waals surface area contributed by atoms with Crippen molar-refractivity contribution >= 4 is 21.6 Å². The minimum atomic E-state index is -3.86. The first-order valence-electron chi connectivity index (χ1n) is 10.6. The van der Waals surface area contributed by atoms with Gasteiger partial charge in [0, 0.05) is 31.0 Å². The van der Waals surface area contributed by atoms with Crippen LogP contribution in [-0.2, 0) is 16.6 Å². The molecule has 0 fully saturated rings. The number of carbonyl (C=O) groups is 1. The third kappa shape index (κ3) is 4.84. The predicted octanol–water partition coefficient (Wildman–Crippen LogP) is 4.16. The number of imidazole rings is 1. The van der Waals surface area contributed by atoms with Crippen molar-refractivity contribution in [2.45, 2.75) is 18.4 Å². The third-order valence-corrected chi connectivity index (χ3v) is 7.16. The van der Waals surface area contributed by atoms with Gasteiger partial charge in [-0.1, -0.05) is 30.3 Å². The summed E-state index contributed by atoms with van der Waals surface area (Å²) in [5, 5.41) is 2.72. The summed E-state index contributed by atoms with van der Waals surface area (Å²) >= 11 is 0. The number of para-hydroxylation sites is 1. The van der Waals surface area contributed by atoms with Gasteiger partial charge in [-0.3, -0.25) is 9.10 Å². The number of sulfonamides is 1. The molecule has 1 N–H and O–H groups in total. The van der Waals surface area contributed by atoms with Gasteiger partial charge in [0.25, 0.3) is 15.9 Å². The van der Waals surface area contributed by atoms with Gasteiger partial charge in [0.1, 0.15) is 5.82 Å². The normalized spacial score (nSPS) is 11.2. The molecule has 1 amide bonds. The Labute approximate surface area is 197 Å². The SMILES string of the molecule is CCN(c1ccccc1)S(=O)(=O)c1cccc(C(=O)NCc2ccc(-n3ccnc3)c(F)c2)c1. The molecule has 34 heavy (non-hydrogen) atoms. The molecule has 0 spiro atoms. The number of benzene rings is 3. The number of amides is 1. The molecule has 0 atom stereocenters. The van der Waals surface area contributed by atoms with Gasteiger partial charge in [-0.15, -0.1) is 0 Å². The topological polar surface area (TPSA) is 84.3 Å². The number of rotatable bonds is 8. The molecular formula is C25H23FN4O3S. The highest BCUT2D eigenvalue weighted by molar-refractivity contribution is 7.92. The summed E-state index contributed by atoms with van der Waals surface area (Å²) in [6, 6.07) is 19.3. The second-order valence-corrected chi connectivity index (χ2v) is 9.33. The van der Waals surface area contributed by atoms with E-state index in [1.807, 2.05) is 6.07 Å². The summed E-state index contributed by atoms with van der Waals surface area (Å²) in [6.45, 7) is 2.07. The zero-order chi connectivity index (χ0) is 24.1. The molecule has 1 aromatic heterocycles. The predicted molar refractivity (Wildman–Crippen MR) is 128 cm³/mol. The fraction of sp³-hybridized carbons (Fsp3) is 0.120. The van der Waals surface area contributed by atoms with Crippen LogP contribution in [0.25, 0.3) is 5.69 Å². The van der Waals surface area contributed by atoms with Crippen LogP contribution in [0.15, 0.2) is 96.4 Å². The minimum Gasteiger partial charge on any atom is -0.348 e. The molecule has 0 unspecified atom stereocenters. The van der Waals surface area contributed by atoms with Crippen LogP contribution in [-0.4, -0.2) is 30.4 Å². The number of hydrogen-bond donors (Lipinski definition) is 1. The molecule has 174 valence electrons. The Balaban J connectivity index is 1.49. The van der Waals surface area contributed by atoms with E-state index in [0.29, 0.717) is 16.9 Å². The fourth-order valence-electron chi connectivity index (χ4n) is 3.57. The van der Waals surface area contributed by atoms with Crippen molar-refractivity contribution in [1.82, 2.24) is 14.9 Å². The van der Waals surface area contributed by atoms with Crippen LogP contribution >= 0.6 is 0 Å². The van der Waals surface area contributed by atoms with Crippen molar-refractivity contribution in [2.24, 2.45) is 0 Å². The summed E-state index contributed by atoms with van der Waals surface area (Å²) in [4.78, 5) is 16.6. The van der Waals surface area contributed by atoms with Crippen molar-refractivity contribution in [3.8, 4) is 5.69 Å². The molecule has 9 heteroatoms. The van der Waals surface area contributed by atoms with E-state index in [2.05, 4.69) is 10.3 Å². The van der Waals surface area contributed by atoms with Crippen molar-refractivity contribution in [3.05, 3.63) is 108 Å². The van der Waals surface area contributed by atoms with Gasteiger partial charge in [0.2, 0.25) is 0 Å². The first-order chi connectivity index (χ1) is 16.4. The van der Waals surface area contributed by atoms with Gasteiger partial charge < -0.3 is 9.88 Å². The molecule has 0 aliphatic rings. The Bertz CT molecular complexity index is 1390. The fourth-order valence-corrected chi connectivity index (χ4v) is 5.09. The average molecular weight is 479 g/mol. The smallest absolute Gasteiger partial charge is 0.264 e. The Morgan fingerprint density at radius 2 is 1.85 bits per heavy atom. The van der Waals surface area contributed by atoms with Gasteiger partial charge in [0.15, 0.2) is 0 Å². The second-order valence-electron chi connectivity index (χ2n) is 7.47. The van der Waals surface area contributed by atoms with Crippen molar-refractivity contribution < 1.29 is 17.6 Å². The first-order valence-corrected chi connectivity index (χ1v) is 12.1. The lowest BCUT2D eigenvalue weighted by atomic mass is 10.1. The number of nitrogens with one attached hydrogen (secondary N) is 1. The molecular weight excluding hydrogens is 455 g/mol. The number of aromatic nitrogens is 2. The number of halogens is 1. The quantitative estimate of drug-likeness (QED) is 0.412. The maximum absolute atomic E-state index is 14.5. The van der Waals surface area contributed by atoms with Crippen molar-refractivity contribution in [3.63, 3.8) is 0 Å². The molecule has 0 aliphatic carbocycles. The number of carbonyl (C=O) groups excluding carboxylic acids is 1. The monoisotopic (exact) mass is 478 g/mol. The lowest BCUT2D eigenvalue weighted by Crippen LogP contribution is -2.31. The van der Waals surface area contributed by atoms with E-state index >= 15 is 0 Å². The van der Waals surface area contributed by atoms with Crippen LogP contribution in [0.5, 0.6) is 0 Å². The lowest BCUT2D eigenvalue weighted by molar-refractivity contribution is 0.0950. The van der Waals surface area contributed by atoms with Gasteiger partial charge in [-0.05, 0) is 55.0 Å². The van der Waals surface area contributed by atoms with Crippen LogP contribution in [0.2, 0.25) is 0 Å². The summed E-state index contributed by atoms with van der Waals surface area (Å²) in [5.41, 5.74) is 1.66. The van der Waals surface area contributed by atoms with Gasteiger partial charge in [0.05, 0.1) is 22.6 Å². The van der Waals surface area contributed by atoms with Crippen LogP contribution in [0, 0.1) is 5.82 Å². The average Bonchev–Trinajstić information content (AvgIpc) is 3.38. The Kier molecular flexibility index (Phi) is 6.74. The first kappa shape index (κ1) is 23.2. The molecule has 4 aromatic rings. The van der Waals surface area contributed by atoms with E-state index in [1.54, 1.807) is 60.3 Å². The molecule has 0 radical (unpaired) electrons. The largest absolute Gasteiger partial charge is 0.348 e. The van der Waals surface area contributed by atoms with Gasteiger partial charge >= 0.3 is 0 Å². The number of anilines is 1. The standard InChI is InChI=1S/C25H23FN4O3S/c1-2-30(21-8-4-3-5-9-21)34(32,33)22-10-6-7-20(16-22)25(31)28-17-19-11-12-24(23(26)15-19)29-14-13-27-18-29/h3-16,18H,2,17H2,1H3,(H,28,31).